The maximum Gasteiger partial charge on any atom is 0.258 e. The lowest BCUT2D eigenvalue weighted by Crippen LogP contribution is -2.32. The summed E-state index contributed by atoms with van der Waals surface area (Å²) in [6.45, 7) is 8.43. The molecule has 4 nitrogen and oxygen atoms in total. The fourth-order valence-corrected chi connectivity index (χ4v) is 4.76. The zero-order valence-corrected chi connectivity index (χ0v) is 22.9. The number of halogens is 2. The third-order valence-electron chi connectivity index (χ3n) is 7.42. The molecule has 1 heterocycles. The van der Waals surface area contributed by atoms with Crippen molar-refractivity contribution in [3.63, 3.8) is 0 Å². The van der Waals surface area contributed by atoms with Crippen LogP contribution in [0.4, 0.5) is 20.2 Å². The minimum atomic E-state index is -0.830. The van der Waals surface area contributed by atoms with Crippen LogP contribution in [0.25, 0.3) is 5.57 Å². The molecule has 1 atom stereocenters. The molecule has 0 spiro atoms. The number of benzene rings is 3. The molecule has 1 unspecified atom stereocenters. The van der Waals surface area contributed by atoms with Crippen molar-refractivity contribution in [2.24, 2.45) is 5.92 Å². The van der Waals surface area contributed by atoms with Gasteiger partial charge in [0.15, 0.2) is 0 Å². The normalized spacial score (nSPS) is 14.5. The molecular formula is C33H34F2N2O2. The standard InChI is InChI=1S/C33H34F2N2O2/c1-5-21(3)27(32(38)36-31-28(34)11-9-12-29(31)35)20-26-22(4)18-19-37(30-13-8-7-10-25(26)30)33(39)24-16-14-23(6-2)15-17-24/h7-17,20-21H,5-6,18-19H2,1-4H3,(H,36,38)/b27-20+. The number of anilines is 2. The molecule has 0 saturated heterocycles. The third-order valence-corrected chi connectivity index (χ3v) is 7.42. The van der Waals surface area contributed by atoms with Crippen molar-refractivity contribution in [2.45, 2.75) is 47.0 Å². The molecule has 0 radical (unpaired) electrons. The molecule has 39 heavy (non-hydrogen) atoms. The summed E-state index contributed by atoms with van der Waals surface area (Å²) in [7, 11) is 0. The van der Waals surface area contributed by atoms with Gasteiger partial charge in [-0.15, -0.1) is 0 Å². The Hall–Kier alpha value is -4.06. The van der Waals surface area contributed by atoms with E-state index in [9.17, 15) is 18.4 Å². The van der Waals surface area contributed by atoms with Crippen LogP contribution in [0.2, 0.25) is 0 Å². The van der Waals surface area contributed by atoms with Crippen molar-refractivity contribution in [2.75, 3.05) is 16.8 Å². The van der Waals surface area contributed by atoms with Crippen molar-refractivity contribution in [3.8, 4) is 0 Å². The molecule has 3 aromatic rings. The number of para-hydroxylation sites is 2. The fourth-order valence-electron chi connectivity index (χ4n) is 4.76. The largest absolute Gasteiger partial charge is 0.317 e. The first-order valence-corrected chi connectivity index (χ1v) is 13.4. The Labute approximate surface area is 229 Å². The van der Waals surface area contributed by atoms with Gasteiger partial charge in [0, 0.05) is 23.2 Å². The van der Waals surface area contributed by atoms with E-state index in [1.54, 1.807) is 4.90 Å². The maximum absolute atomic E-state index is 14.3. The molecule has 1 aliphatic heterocycles. The second kappa shape index (κ2) is 12.2. The van der Waals surface area contributed by atoms with Gasteiger partial charge in [-0.3, -0.25) is 9.59 Å². The summed E-state index contributed by atoms with van der Waals surface area (Å²) in [4.78, 5) is 28.8. The monoisotopic (exact) mass is 528 g/mol. The highest BCUT2D eigenvalue weighted by Crippen LogP contribution is 2.37. The van der Waals surface area contributed by atoms with Crippen LogP contribution < -0.4 is 10.2 Å². The number of hydrogen-bond donors (Lipinski definition) is 1. The number of nitrogens with zero attached hydrogens (tertiary/aromatic N) is 1. The zero-order valence-electron chi connectivity index (χ0n) is 22.9. The number of amides is 2. The Morgan fingerprint density at radius 2 is 1.64 bits per heavy atom. The summed E-state index contributed by atoms with van der Waals surface area (Å²) >= 11 is 0. The van der Waals surface area contributed by atoms with Gasteiger partial charge in [0.25, 0.3) is 11.8 Å². The highest BCUT2D eigenvalue weighted by atomic mass is 19.1. The van der Waals surface area contributed by atoms with E-state index in [4.69, 9.17) is 0 Å². The van der Waals surface area contributed by atoms with E-state index in [1.165, 1.54) is 11.6 Å². The number of aryl methyl sites for hydroxylation is 1. The van der Waals surface area contributed by atoms with E-state index >= 15 is 0 Å². The summed E-state index contributed by atoms with van der Waals surface area (Å²) in [6, 6.07) is 18.8. The summed E-state index contributed by atoms with van der Waals surface area (Å²) in [5.41, 5.74) is 5.18. The number of carbonyl (C=O) groups is 2. The summed E-state index contributed by atoms with van der Waals surface area (Å²) < 4.78 is 28.6. The lowest BCUT2D eigenvalue weighted by molar-refractivity contribution is -0.113. The van der Waals surface area contributed by atoms with Gasteiger partial charge in [-0.2, -0.15) is 0 Å². The van der Waals surface area contributed by atoms with Gasteiger partial charge in [0.2, 0.25) is 0 Å². The van der Waals surface area contributed by atoms with Crippen LogP contribution in [0, 0.1) is 17.6 Å². The van der Waals surface area contributed by atoms with E-state index in [0.717, 1.165) is 41.0 Å². The Morgan fingerprint density at radius 1 is 0.974 bits per heavy atom. The highest BCUT2D eigenvalue weighted by Gasteiger charge is 2.26. The molecule has 4 rings (SSSR count). The molecular weight excluding hydrogens is 494 g/mol. The van der Waals surface area contributed by atoms with Crippen LogP contribution in [-0.4, -0.2) is 18.4 Å². The van der Waals surface area contributed by atoms with Gasteiger partial charge < -0.3 is 10.2 Å². The molecule has 0 aliphatic carbocycles. The number of hydrogen-bond acceptors (Lipinski definition) is 2. The van der Waals surface area contributed by atoms with Gasteiger partial charge in [-0.25, -0.2) is 8.78 Å². The Bertz CT molecular complexity index is 1420. The highest BCUT2D eigenvalue weighted by molar-refractivity contribution is 6.10. The third kappa shape index (κ3) is 6.00. The van der Waals surface area contributed by atoms with Gasteiger partial charge in [0.1, 0.15) is 17.3 Å². The molecule has 0 fully saturated rings. The zero-order chi connectivity index (χ0) is 28.1. The van der Waals surface area contributed by atoms with E-state index in [2.05, 4.69) is 12.2 Å². The second-order valence-corrected chi connectivity index (χ2v) is 9.93. The van der Waals surface area contributed by atoms with Crippen molar-refractivity contribution in [3.05, 3.63) is 112 Å². The molecule has 3 aromatic carbocycles. The Balaban J connectivity index is 1.75. The smallest absolute Gasteiger partial charge is 0.258 e. The number of nitrogens with one attached hydrogen (secondary N) is 1. The number of carbonyl (C=O) groups excluding carboxylic acids is 2. The van der Waals surface area contributed by atoms with Gasteiger partial charge >= 0.3 is 0 Å². The van der Waals surface area contributed by atoms with Crippen LogP contribution in [0.15, 0.2) is 84.0 Å². The minimum absolute atomic E-state index is 0.0851. The Kier molecular flexibility index (Phi) is 8.75. The molecule has 202 valence electrons. The fraction of sp³-hybridized carbons (Fsp3) is 0.273. The van der Waals surface area contributed by atoms with E-state index < -0.39 is 23.2 Å². The maximum atomic E-state index is 14.3. The lowest BCUT2D eigenvalue weighted by atomic mass is 9.90. The van der Waals surface area contributed by atoms with Crippen molar-refractivity contribution < 1.29 is 18.4 Å². The topological polar surface area (TPSA) is 49.4 Å². The first-order valence-electron chi connectivity index (χ1n) is 13.4. The van der Waals surface area contributed by atoms with Crippen LogP contribution in [0.1, 0.15) is 62.0 Å². The minimum Gasteiger partial charge on any atom is -0.317 e. The van der Waals surface area contributed by atoms with Gasteiger partial charge in [0.05, 0.1) is 5.69 Å². The second-order valence-electron chi connectivity index (χ2n) is 9.93. The lowest BCUT2D eigenvalue weighted by Gasteiger charge is -2.24. The van der Waals surface area contributed by atoms with E-state index in [-0.39, 0.29) is 11.8 Å². The predicted octanol–water partition coefficient (Wildman–Crippen LogP) is 7.96. The first kappa shape index (κ1) is 28.0. The predicted molar refractivity (Wildman–Crippen MR) is 154 cm³/mol. The Morgan fingerprint density at radius 3 is 2.28 bits per heavy atom. The van der Waals surface area contributed by atoms with Crippen LogP contribution in [-0.2, 0) is 11.2 Å². The summed E-state index contributed by atoms with van der Waals surface area (Å²) in [5, 5.41) is 2.45. The average molecular weight is 529 g/mol. The quantitative estimate of drug-likeness (QED) is 0.316. The molecule has 2 amide bonds. The van der Waals surface area contributed by atoms with Gasteiger partial charge in [-0.1, -0.05) is 62.7 Å². The molecule has 0 saturated carbocycles. The van der Waals surface area contributed by atoms with Crippen molar-refractivity contribution >= 4 is 28.8 Å². The van der Waals surface area contributed by atoms with Crippen molar-refractivity contribution in [1.29, 1.82) is 0 Å². The van der Waals surface area contributed by atoms with E-state index in [0.29, 0.717) is 30.5 Å². The summed E-state index contributed by atoms with van der Waals surface area (Å²) in [6.07, 6.45) is 3.98. The molecule has 6 heteroatoms. The first-order chi connectivity index (χ1) is 18.7. The molecule has 0 bridgehead atoms. The number of rotatable bonds is 7. The van der Waals surface area contributed by atoms with Crippen LogP contribution in [0.5, 0.6) is 0 Å². The number of fused-ring (bicyclic) bond motifs is 1. The average Bonchev–Trinajstić information content (AvgIpc) is 3.08. The summed E-state index contributed by atoms with van der Waals surface area (Å²) in [5.74, 6) is -2.48. The van der Waals surface area contributed by atoms with Crippen molar-refractivity contribution in [1.82, 2.24) is 0 Å². The molecule has 1 N–H and O–H groups in total. The van der Waals surface area contributed by atoms with Crippen LogP contribution in [0.3, 0.4) is 0 Å². The number of allylic oxidation sites excluding steroid dienone is 2. The van der Waals surface area contributed by atoms with Crippen LogP contribution >= 0.6 is 0 Å². The molecule has 1 aliphatic rings. The molecule has 0 aromatic heterocycles. The van der Waals surface area contributed by atoms with Gasteiger partial charge in [-0.05, 0) is 79.6 Å². The van der Waals surface area contributed by atoms with E-state index in [1.807, 2.05) is 75.4 Å². The SMILES string of the molecule is CCc1ccc(C(=O)N2CCC(C)=C(/C=C(/C(=O)Nc3c(F)cccc3F)C(C)CC)c3ccccc32)cc1.